The maximum atomic E-state index is 10.2. The number of amides is 1. The number of thiocarbonyl (C=S) groups is 1. The van der Waals surface area contributed by atoms with Gasteiger partial charge in [0.25, 0.3) is 0 Å². The van der Waals surface area contributed by atoms with Crippen molar-refractivity contribution in [3.05, 3.63) is 30.5 Å². The van der Waals surface area contributed by atoms with Crippen molar-refractivity contribution in [3.63, 3.8) is 0 Å². The van der Waals surface area contributed by atoms with E-state index in [2.05, 4.69) is 27.5 Å². The van der Waals surface area contributed by atoms with Crippen LogP contribution in [-0.2, 0) is 4.79 Å². The van der Waals surface area contributed by atoms with E-state index in [1.807, 2.05) is 24.3 Å². The summed E-state index contributed by atoms with van der Waals surface area (Å²) in [5.74, 6) is 0.845. The average Bonchev–Trinajstić information content (AvgIpc) is 2.74. The van der Waals surface area contributed by atoms with Gasteiger partial charge in [0.05, 0.1) is 11.3 Å². The highest BCUT2D eigenvalue weighted by atomic mass is 32.2. The van der Waals surface area contributed by atoms with Crippen LogP contribution in [0, 0.1) is 0 Å². The number of anilines is 1. The quantitative estimate of drug-likeness (QED) is 0.708. The predicted octanol–water partition coefficient (Wildman–Crippen LogP) is 1.35. The Bertz CT molecular complexity index is 588. The van der Waals surface area contributed by atoms with Crippen LogP contribution in [0.3, 0.4) is 0 Å². The summed E-state index contributed by atoms with van der Waals surface area (Å²) in [4.78, 5) is 18.2. The van der Waals surface area contributed by atoms with Gasteiger partial charge in [-0.15, -0.1) is 0 Å². The summed E-state index contributed by atoms with van der Waals surface area (Å²) < 4.78 is 0.602. The van der Waals surface area contributed by atoms with Gasteiger partial charge in [-0.3, -0.25) is 4.79 Å². The Hall–Kier alpha value is -1.73. The molecule has 2 aromatic rings. The predicted molar refractivity (Wildman–Crippen MR) is 77.1 cm³/mol. The largest absolute Gasteiger partial charge is 0.368 e. The minimum Gasteiger partial charge on any atom is -0.368 e. The second-order valence-electron chi connectivity index (χ2n) is 3.41. The van der Waals surface area contributed by atoms with E-state index in [-0.39, 0.29) is 5.91 Å². The fourth-order valence-corrected chi connectivity index (χ4v) is 2.11. The summed E-state index contributed by atoms with van der Waals surface area (Å²) in [6.45, 7) is 0. The number of hydrogen-bond donors (Lipinski definition) is 2. The minimum absolute atomic E-state index is 0.0231. The standard InChI is InChI=1S/C8H7N3.C3H3NOS2/c9-8-10-5-6-3-1-2-4-7(6)11-8;5-2-1-7-3(6)4-2/h1-5H,(H2,9,10,11);1H2,(H,4,5,6). The zero-order valence-electron chi connectivity index (χ0n) is 9.29. The lowest BCUT2D eigenvalue weighted by Crippen LogP contribution is -2.18. The van der Waals surface area contributed by atoms with Crippen LogP contribution in [0.15, 0.2) is 30.5 Å². The third-order valence-corrected chi connectivity index (χ3v) is 3.31. The van der Waals surface area contributed by atoms with E-state index in [9.17, 15) is 4.79 Å². The molecule has 2 heterocycles. The van der Waals surface area contributed by atoms with Crippen LogP contribution in [-0.4, -0.2) is 25.9 Å². The van der Waals surface area contributed by atoms with Crippen molar-refractivity contribution < 1.29 is 4.79 Å². The zero-order valence-corrected chi connectivity index (χ0v) is 10.9. The van der Waals surface area contributed by atoms with E-state index in [4.69, 9.17) is 5.73 Å². The van der Waals surface area contributed by atoms with E-state index in [0.29, 0.717) is 16.0 Å². The number of para-hydroxylation sites is 1. The van der Waals surface area contributed by atoms with Gasteiger partial charge in [-0.2, -0.15) is 0 Å². The second kappa shape index (κ2) is 5.74. The SMILES string of the molecule is Nc1ncc2ccccc2n1.O=C1CSC(=S)N1. The van der Waals surface area contributed by atoms with E-state index < -0.39 is 0 Å². The molecule has 1 fully saturated rings. The van der Waals surface area contributed by atoms with Gasteiger partial charge >= 0.3 is 0 Å². The molecule has 1 saturated heterocycles. The number of nitrogens with one attached hydrogen (secondary N) is 1. The Morgan fingerprint density at radius 2 is 2.17 bits per heavy atom. The van der Waals surface area contributed by atoms with Gasteiger partial charge in [0, 0.05) is 11.6 Å². The first-order valence-corrected chi connectivity index (χ1v) is 6.48. The summed E-state index contributed by atoms with van der Waals surface area (Å²) in [6, 6.07) is 7.73. The van der Waals surface area contributed by atoms with Gasteiger partial charge in [0.1, 0.15) is 4.32 Å². The normalized spacial score (nSPS) is 14.0. The lowest BCUT2D eigenvalue weighted by molar-refractivity contribution is -0.116. The molecule has 0 saturated carbocycles. The average molecular weight is 278 g/mol. The molecule has 18 heavy (non-hydrogen) atoms. The Morgan fingerprint density at radius 1 is 1.39 bits per heavy atom. The molecule has 0 unspecified atom stereocenters. The van der Waals surface area contributed by atoms with Gasteiger partial charge < -0.3 is 11.1 Å². The molecule has 1 aliphatic heterocycles. The van der Waals surface area contributed by atoms with Crippen molar-refractivity contribution >= 4 is 51.1 Å². The molecule has 5 nitrogen and oxygen atoms in total. The van der Waals surface area contributed by atoms with Gasteiger partial charge in [0.2, 0.25) is 11.9 Å². The molecule has 0 atom stereocenters. The summed E-state index contributed by atoms with van der Waals surface area (Å²) in [5.41, 5.74) is 6.29. The molecule has 0 aliphatic carbocycles. The highest BCUT2D eigenvalue weighted by molar-refractivity contribution is 8.24. The van der Waals surface area contributed by atoms with Crippen molar-refractivity contribution in [1.29, 1.82) is 0 Å². The molecule has 3 rings (SSSR count). The number of carbonyl (C=O) groups is 1. The number of nitrogens with two attached hydrogens (primary N) is 1. The fourth-order valence-electron chi connectivity index (χ4n) is 1.30. The van der Waals surface area contributed by atoms with Crippen LogP contribution in [0.25, 0.3) is 10.9 Å². The summed E-state index contributed by atoms with van der Waals surface area (Å²) in [5, 5.41) is 3.49. The Balaban J connectivity index is 0.000000149. The molecular formula is C11H10N4OS2. The molecule has 7 heteroatoms. The summed E-state index contributed by atoms with van der Waals surface area (Å²) >= 11 is 6.00. The molecule has 0 radical (unpaired) electrons. The van der Waals surface area contributed by atoms with Gasteiger partial charge in [-0.1, -0.05) is 42.2 Å². The number of carbonyl (C=O) groups excluding carboxylic acids is 1. The Labute approximate surface area is 113 Å². The van der Waals surface area contributed by atoms with Crippen LogP contribution in [0.2, 0.25) is 0 Å². The smallest absolute Gasteiger partial charge is 0.235 e. The van der Waals surface area contributed by atoms with E-state index in [0.717, 1.165) is 10.9 Å². The highest BCUT2D eigenvalue weighted by Crippen LogP contribution is 2.09. The molecule has 1 aliphatic rings. The molecule has 1 aromatic carbocycles. The molecule has 3 N–H and O–H groups in total. The van der Waals surface area contributed by atoms with Crippen LogP contribution in [0.1, 0.15) is 0 Å². The maximum absolute atomic E-state index is 10.2. The van der Waals surface area contributed by atoms with Crippen molar-refractivity contribution in [2.75, 3.05) is 11.5 Å². The number of nitrogen functional groups attached to an aromatic ring is 1. The lowest BCUT2D eigenvalue weighted by Gasteiger charge is -1.94. The van der Waals surface area contributed by atoms with Crippen LogP contribution >= 0.6 is 24.0 Å². The number of benzene rings is 1. The van der Waals surface area contributed by atoms with Gasteiger partial charge in [-0.05, 0) is 6.07 Å². The third kappa shape index (κ3) is 3.38. The number of fused-ring (bicyclic) bond motifs is 1. The van der Waals surface area contributed by atoms with Crippen LogP contribution in [0.5, 0.6) is 0 Å². The van der Waals surface area contributed by atoms with Crippen molar-refractivity contribution in [2.45, 2.75) is 0 Å². The Kier molecular flexibility index (Phi) is 4.06. The van der Waals surface area contributed by atoms with Crippen molar-refractivity contribution in [2.24, 2.45) is 0 Å². The lowest BCUT2D eigenvalue weighted by atomic mass is 10.2. The van der Waals surface area contributed by atoms with Crippen molar-refractivity contribution in [1.82, 2.24) is 15.3 Å². The number of nitrogens with zero attached hydrogens (tertiary/aromatic N) is 2. The molecule has 1 amide bonds. The number of thioether (sulfide) groups is 1. The molecular weight excluding hydrogens is 268 g/mol. The Morgan fingerprint density at radius 3 is 2.78 bits per heavy atom. The van der Waals surface area contributed by atoms with Crippen LogP contribution in [0.4, 0.5) is 5.95 Å². The molecule has 92 valence electrons. The summed E-state index contributed by atoms with van der Waals surface area (Å²) in [7, 11) is 0. The van der Waals surface area contributed by atoms with Crippen LogP contribution < -0.4 is 11.1 Å². The first-order valence-electron chi connectivity index (χ1n) is 5.09. The molecule has 0 spiro atoms. The topological polar surface area (TPSA) is 80.9 Å². The molecule has 1 aromatic heterocycles. The van der Waals surface area contributed by atoms with Gasteiger partial charge in [-0.25, -0.2) is 9.97 Å². The first kappa shape index (κ1) is 12.7. The first-order chi connectivity index (χ1) is 8.65. The number of rotatable bonds is 0. The second-order valence-corrected chi connectivity index (χ2v) is 5.06. The zero-order chi connectivity index (χ0) is 13.0. The fraction of sp³-hybridized carbons (Fsp3) is 0.0909. The van der Waals surface area contributed by atoms with E-state index >= 15 is 0 Å². The number of aromatic nitrogens is 2. The monoisotopic (exact) mass is 278 g/mol. The minimum atomic E-state index is 0.0231. The van der Waals surface area contributed by atoms with Gasteiger partial charge in [0.15, 0.2) is 0 Å². The van der Waals surface area contributed by atoms with Crippen molar-refractivity contribution in [3.8, 4) is 0 Å². The third-order valence-electron chi connectivity index (χ3n) is 2.08. The molecule has 0 bridgehead atoms. The highest BCUT2D eigenvalue weighted by Gasteiger charge is 2.13. The maximum Gasteiger partial charge on any atom is 0.235 e. The van der Waals surface area contributed by atoms with E-state index in [1.54, 1.807) is 6.20 Å². The number of hydrogen-bond acceptors (Lipinski definition) is 6. The summed E-state index contributed by atoms with van der Waals surface area (Å²) in [6.07, 6.45) is 1.72. The van der Waals surface area contributed by atoms with E-state index in [1.165, 1.54) is 11.8 Å².